The van der Waals surface area contributed by atoms with Gasteiger partial charge in [-0.2, -0.15) is 0 Å². The topological polar surface area (TPSA) is 18.5 Å². The SMILES string of the molecule is CCCC(CC)OC(CC(C)(C)C)Oc1ccc(C(CCC)C(C)(C)C)cc1. The van der Waals surface area contributed by atoms with Gasteiger partial charge in [-0.15, -0.1) is 0 Å². The molecule has 0 aliphatic heterocycles. The van der Waals surface area contributed by atoms with Gasteiger partial charge in [0, 0.05) is 6.42 Å². The van der Waals surface area contributed by atoms with Crippen LogP contribution in [0.25, 0.3) is 0 Å². The standard InChI is InChI=1S/C26H46O2/c1-10-13-21(12-3)27-24(19-25(4,5)6)28-22-17-15-20(16-18-22)23(14-11-2)26(7,8)9/h15-18,21,23-24H,10-14,19H2,1-9H3. The van der Waals surface area contributed by atoms with Crippen LogP contribution in [0.1, 0.15) is 112 Å². The molecular formula is C26H46O2. The summed E-state index contributed by atoms with van der Waals surface area (Å²) in [5.41, 5.74) is 1.84. The third-order valence-corrected chi connectivity index (χ3v) is 5.36. The van der Waals surface area contributed by atoms with E-state index in [0.717, 1.165) is 31.4 Å². The van der Waals surface area contributed by atoms with E-state index in [9.17, 15) is 0 Å². The fraction of sp³-hybridized carbons (Fsp3) is 0.769. The summed E-state index contributed by atoms with van der Waals surface area (Å²) < 4.78 is 12.7. The molecule has 0 aliphatic carbocycles. The van der Waals surface area contributed by atoms with Gasteiger partial charge in [0.25, 0.3) is 0 Å². The second-order valence-electron chi connectivity index (χ2n) is 10.5. The Bertz CT molecular complexity index is 533. The highest BCUT2D eigenvalue weighted by atomic mass is 16.7. The molecule has 0 radical (unpaired) electrons. The molecule has 28 heavy (non-hydrogen) atoms. The number of rotatable bonds is 11. The molecule has 1 rings (SSSR count). The summed E-state index contributed by atoms with van der Waals surface area (Å²) in [6.45, 7) is 20.4. The zero-order valence-electron chi connectivity index (χ0n) is 20.1. The van der Waals surface area contributed by atoms with Gasteiger partial charge in [-0.1, -0.05) is 87.3 Å². The van der Waals surface area contributed by atoms with E-state index >= 15 is 0 Å². The molecule has 0 N–H and O–H groups in total. The third-order valence-electron chi connectivity index (χ3n) is 5.36. The first kappa shape index (κ1) is 25.0. The third kappa shape index (κ3) is 8.99. The minimum absolute atomic E-state index is 0.160. The first-order valence-electron chi connectivity index (χ1n) is 11.4. The van der Waals surface area contributed by atoms with Crippen LogP contribution >= 0.6 is 0 Å². The van der Waals surface area contributed by atoms with Crippen molar-refractivity contribution in [1.82, 2.24) is 0 Å². The Morgan fingerprint density at radius 2 is 1.39 bits per heavy atom. The average Bonchev–Trinajstić information content (AvgIpc) is 2.57. The number of hydrogen-bond acceptors (Lipinski definition) is 2. The molecule has 0 aromatic heterocycles. The van der Waals surface area contributed by atoms with Crippen molar-refractivity contribution in [3.05, 3.63) is 29.8 Å². The van der Waals surface area contributed by atoms with E-state index < -0.39 is 0 Å². The summed E-state index contributed by atoms with van der Waals surface area (Å²) >= 11 is 0. The molecule has 162 valence electrons. The molecule has 0 bridgehead atoms. The van der Waals surface area contributed by atoms with Gasteiger partial charge in [0.05, 0.1) is 6.10 Å². The number of ether oxygens (including phenoxy) is 2. The van der Waals surface area contributed by atoms with E-state index in [0.29, 0.717) is 5.92 Å². The van der Waals surface area contributed by atoms with Crippen molar-refractivity contribution in [2.45, 2.75) is 119 Å². The van der Waals surface area contributed by atoms with Crippen molar-refractivity contribution < 1.29 is 9.47 Å². The van der Waals surface area contributed by atoms with Crippen LogP contribution in [0.15, 0.2) is 24.3 Å². The fourth-order valence-electron chi connectivity index (χ4n) is 3.84. The molecule has 3 unspecified atom stereocenters. The molecule has 0 saturated heterocycles. The zero-order chi connectivity index (χ0) is 21.4. The van der Waals surface area contributed by atoms with Crippen LogP contribution < -0.4 is 4.74 Å². The first-order chi connectivity index (χ1) is 13.0. The van der Waals surface area contributed by atoms with Crippen LogP contribution in [0, 0.1) is 10.8 Å². The smallest absolute Gasteiger partial charge is 0.200 e. The van der Waals surface area contributed by atoms with E-state index in [2.05, 4.69) is 86.6 Å². The lowest BCUT2D eigenvalue weighted by atomic mass is 9.74. The molecule has 2 nitrogen and oxygen atoms in total. The summed E-state index contributed by atoms with van der Waals surface area (Å²) in [4.78, 5) is 0. The lowest BCUT2D eigenvalue weighted by molar-refractivity contribution is -0.137. The Balaban J connectivity index is 2.93. The first-order valence-corrected chi connectivity index (χ1v) is 11.4. The summed E-state index contributed by atoms with van der Waals surface area (Å²) in [5.74, 6) is 1.48. The predicted octanol–water partition coefficient (Wildman–Crippen LogP) is 8.35. The summed E-state index contributed by atoms with van der Waals surface area (Å²) in [6.07, 6.45) is 6.64. The van der Waals surface area contributed by atoms with Crippen LogP contribution in [0.4, 0.5) is 0 Å². The van der Waals surface area contributed by atoms with E-state index in [4.69, 9.17) is 9.47 Å². The van der Waals surface area contributed by atoms with Crippen LogP contribution in [0.5, 0.6) is 5.75 Å². The zero-order valence-corrected chi connectivity index (χ0v) is 20.1. The molecule has 3 atom stereocenters. The van der Waals surface area contributed by atoms with Crippen molar-refractivity contribution >= 4 is 0 Å². The number of hydrogen-bond donors (Lipinski definition) is 0. The van der Waals surface area contributed by atoms with E-state index in [-0.39, 0.29) is 23.2 Å². The number of benzene rings is 1. The highest BCUT2D eigenvalue weighted by Crippen LogP contribution is 2.39. The lowest BCUT2D eigenvalue weighted by Gasteiger charge is -2.32. The van der Waals surface area contributed by atoms with E-state index in [1.807, 2.05) is 0 Å². The van der Waals surface area contributed by atoms with Gasteiger partial charge in [-0.25, -0.2) is 0 Å². The minimum Gasteiger partial charge on any atom is -0.465 e. The average molecular weight is 391 g/mol. The summed E-state index contributed by atoms with van der Waals surface area (Å²) in [7, 11) is 0. The highest BCUT2D eigenvalue weighted by Gasteiger charge is 2.26. The molecule has 0 aliphatic rings. The molecule has 1 aromatic carbocycles. The maximum absolute atomic E-state index is 6.37. The maximum Gasteiger partial charge on any atom is 0.200 e. The molecule has 0 spiro atoms. The van der Waals surface area contributed by atoms with Gasteiger partial charge < -0.3 is 9.47 Å². The van der Waals surface area contributed by atoms with Crippen molar-refractivity contribution in [1.29, 1.82) is 0 Å². The molecule has 0 amide bonds. The molecule has 0 saturated carbocycles. The highest BCUT2D eigenvalue weighted by molar-refractivity contribution is 5.30. The van der Waals surface area contributed by atoms with Gasteiger partial charge in [-0.3, -0.25) is 0 Å². The van der Waals surface area contributed by atoms with Gasteiger partial charge in [0.15, 0.2) is 0 Å². The maximum atomic E-state index is 6.37. The minimum atomic E-state index is -0.198. The molecule has 0 heterocycles. The van der Waals surface area contributed by atoms with Crippen LogP contribution in [0.3, 0.4) is 0 Å². The summed E-state index contributed by atoms with van der Waals surface area (Å²) in [5, 5.41) is 0. The van der Waals surface area contributed by atoms with Crippen molar-refractivity contribution in [3.8, 4) is 5.75 Å². The monoisotopic (exact) mass is 390 g/mol. The van der Waals surface area contributed by atoms with Gasteiger partial charge in [0.2, 0.25) is 6.29 Å². The van der Waals surface area contributed by atoms with Crippen LogP contribution in [-0.4, -0.2) is 12.4 Å². The van der Waals surface area contributed by atoms with Crippen LogP contribution in [0.2, 0.25) is 0 Å². The second-order valence-corrected chi connectivity index (χ2v) is 10.5. The molecule has 0 fully saturated rings. The van der Waals surface area contributed by atoms with Gasteiger partial charge in [0.1, 0.15) is 5.75 Å². The van der Waals surface area contributed by atoms with Crippen LogP contribution in [-0.2, 0) is 4.74 Å². The molecule has 2 heteroatoms. The van der Waals surface area contributed by atoms with Gasteiger partial charge >= 0.3 is 0 Å². The summed E-state index contributed by atoms with van der Waals surface area (Å²) in [6, 6.07) is 8.75. The Hall–Kier alpha value is -1.02. The molecular weight excluding hydrogens is 344 g/mol. The molecule has 1 aromatic rings. The Morgan fingerprint density at radius 1 is 0.821 bits per heavy atom. The Kier molecular flexibility index (Phi) is 10.0. The fourth-order valence-corrected chi connectivity index (χ4v) is 3.84. The van der Waals surface area contributed by atoms with Crippen molar-refractivity contribution in [2.24, 2.45) is 10.8 Å². The normalized spacial score (nSPS) is 15.9. The Morgan fingerprint density at radius 3 is 1.82 bits per heavy atom. The Labute approximate surface area is 175 Å². The van der Waals surface area contributed by atoms with E-state index in [1.54, 1.807) is 0 Å². The predicted molar refractivity (Wildman–Crippen MR) is 122 cm³/mol. The van der Waals surface area contributed by atoms with Gasteiger partial charge in [-0.05, 0) is 53.7 Å². The lowest BCUT2D eigenvalue weighted by Crippen LogP contribution is -2.31. The quantitative estimate of drug-likeness (QED) is 0.353. The largest absolute Gasteiger partial charge is 0.465 e. The van der Waals surface area contributed by atoms with Crippen molar-refractivity contribution in [3.63, 3.8) is 0 Å². The van der Waals surface area contributed by atoms with E-state index in [1.165, 1.54) is 18.4 Å². The van der Waals surface area contributed by atoms with Crippen molar-refractivity contribution in [2.75, 3.05) is 0 Å². The second kappa shape index (κ2) is 11.2.